The van der Waals surface area contributed by atoms with Gasteiger partial charge < -0.3 is 15.0 Å². The Labute approximate surface area is 122 Å². The van der Waals surface area contributed by atoms with Crippen molar-refractivity contribution in [2.75, 3.05) is 12.4 Å². The van der Waals surface area contributed by atoms with Crippen LogP contribution in [0.3, 0.4) is 0 Å². The number of ether oxygens (including phenoxy) is 1. The van der Waals surface area contributed by atoms with Crippen molar-refractivity contribution in [1.29, 1.82) is 0 Å². The fourth-order valence-corrected chi connectivity index (χ4v) is 2.19. The maximum atomic E-state index is 12.3. The predicted molar refractivity (Wildman–Crippen MR) is 81.8 cm³/mol. The third-order valence-electron chi connectivity index (χ3n) is 3.25. The van der Waals surface area contributed by atoms with E-state index in [4.69, 9.17) is 4.74 Å². The highest BCUT2D eigenvalue weighted by Crippen LogP contribution is 2.22. The summed E-state index contributed by atoms with van der Waals surface area (Å²) in [7, 11) is 1.54. The second-order valence-electron chi connectivity index (χ2n) is 4.78. The molecule has 0 aliphatic heterocycles. The molecule has 1 amide bonds. The topological polar surface area (TPSA) is 67.0 Å². The molecular weight excluding hydrogens is 266 g/mol. The minimum absolute atomic E-state index is 0.249. The number of aryl methyl sites for hydroxylation is 1. The minimum Gasteiger partial charge on any atom is -0.493 e. The number of nitrogens with one attached hydrogen (secondary N) is 2. The summed E-state index contributed by atoms with van der Waals surface area (Å²) in [5, 5.41) is 3.75. The largest absolute Gasteiger partial charge is 0.493 e. The second-order valence-corrected chi connectivity index (χ2v) is 4.78. The first-order chi connectivity index (χ1) is 10.2. The van der Waals surface area contributed by atoms with Crippen LogP contribution < -0.4 is 10.1 Å². The van der Waals surface area contributed by atoms with E-state index in [1.165, 1.54) is 0 Å². The molecule has 2 aromatic heterocycles. The monoisotopic (exact) mass is 281 g/mol. The number of H-pyrrole nitrogens is 1. The highest BCUT2D eigenvalue weighted by atomic mass is 16.5. The summed E-state index contributed by atoms with van der Waals surface area (Å²) in [6, 6.07) is 11.3. The zero-order valence-corrected chi connectivity index (χ0v) is 11.8. The number of carbonyl (C=O) groups is 1. The number of carbonyl (C=O) groups excluding carboxylic acids is 1. The number of hydrogen-bond acceptors (Lipinski definition) is 3. The third-order valence-corrected chi connectivity index (χ3v) is 3.25. The molecule has 5 heteroatoms. The third kappa shape index (κ3) is 2.58. The number of anilines is 1. The molecule has 0 saturated heterocycles. The van der Waals surface area contributed by atoms with Crippen molar-refractivity contribution in [2.45, 2.75) is 6.92 Å². The number of aromatic nitrogens is 2. The number of pyridine rings is 1. The summed E-state index contributed by atoms with van der Waals surface area (Å²) in [5.74, 6) is 0.679. The van der Waals surface area contributed by atoms with Gasteiger partial charge in [0.1, 0.15) is 5.69 Å². The molecule has 1 aromatic carbocycles. The van der Waals surface area contributed by atoms with Crippen molar-refractivity contribution < 1.29 is 9.53 Å². The quantitative estimate of drug-likeness (QED) is 0.775. The van der Waals surface area contributed by atoms with Gasteiger partial charge in [-0.05, 0) is 36.8 Å². The molecule has 0 radical (unpaired) electrons. The summed E-state index contributed by atoms with van der Waals surface area (Å²) in [4.78, 5) is 19.5. The number of amides is 1. The van der Waals surface area contributed by atoms with E-state index in [9.17, 15) is 4.79 Å². The fourth-order valence-electron chi connectivity index (χ4n) is 2.19. The highest BCUT2D eigenvalue weighted by Gasteiger charge is 2.12. The van der Waals surface area contributed by atoms with Gasteiger partial charge in [0, 0.05) is 17.1 Å². The van der Waals surface area contributed by atoms with Crippen LogP contribution in [-0.4, -0.2) is 23.0 Å². The Balaban J connectivity index is 1.90. The van der Waals surface area contributed by atoms with E-state index in [-0.39, 0.29) is 5.91 Å². The summed E-state index contributed by atoms with van der Waals surface area (Å²) < 4.78 is 5.17. The SMILES string of the molecule is COc1cccnc1NC(=O)c1cc2ccc(C)cc2[nH]1. The van der Waals surface area contributed by atoms with Crippen LogP contribution in [-0.2, 0) is 0 Å². The Bertz CT molecular complexity index is 808. The molecule has 21 heavy (non-hydrogen) atoms. The maximum Gasteiger partial charge on any atom is 0.273 e. The van der Waals surface area contributed by atoms with E-state index in [1.807, 2.05) is 31.2 Å². The minimum atomic E-state index is -0.249. The lowest BCUT2D eigenvalue weighted by atomic mass is 10.2. The average molecular weight is 281 g/mol. The summed E-state index contributed by atoms with van der Waals surface area (Å²) in [6.07, 6.45) is 1.60. The molecule has 0 aliphatic carbocycles. The van der Waals surface area contributed by atoms with Crippen LogP contribution in [0.2, 0.25) is 0 Å². The number of methoxy groups -OCH3 is 1. The molecule has 3 rings (SSSR count). The molecular formula is C16H15N3O2. The van der Waals surface area contributed by atoms with Gasteiger partial charge in [-0.2, -0.15) is 0 Å². The first kappa shape index (κ1) is 13.2. The molecule has 2 N–H and O–H groups in total. The molecule has 106 valence electrons. The summed E-state index contributed by atoms with van der Waals surface area (Å²) in [6.45, 7) is 2.01. The van der Waals surface area contributed by atoms with Crippen LogP contribution >= 0.6 is 0 Å². The van der Waals surface area contributed by atoms with Crippen molar-refractivity contribution in [3.05, 3.63) is 53.9 Å². The lowest BCUT2D eigenvalue weighted by Gasteiger charge is -2.07. The number of rotatable bonds is 3. The first-order valence-electron chi connectivity index (χ1n) is 6.57. The van der Waals surface area contributed by atoms with Gasteiger partial charge in [-0.1, -0.05) is 12.1 Å². The average Bonchev–Trinajstić information content (AvgIpc) is 2.91. The van der Waals surface area contributed by atoms with E-state index < -0.39 is 0 Å². The zero-order valence-electron chi connectivity index (χ0n) is 11.8. The lowest BCUT2D eigenvalue weighted by Crippen LogP contribution is -2.14. The number of fused-ring (bicyclic) bond motifs is 1. The van der Waals surface area contributed by atoms with Gasteiger partial charge >= 0.3 is 0 Å². The van der Waals surface area contributed by atoms with Crippen LogP contribution in [0.4, 0.5) is 5.82 Å². The van der Waals surface area contributed by atoms with Crippen LogP contribution in [0.25, 0.3) is 10.9 Å². The van der Waals surface area contributed by atoms with E-state index in [2.05, 4.69) is 15.3 Å². The number of benzene rings is 1. The molecule has 0 unspecified atom stereocenters. The number of hydrogen-bond donors (Lipinski definition) is 2. The molecule has 0 spiro atoms. The van der Waals surface area contributed by atoms with Crippen LogP contribution in [0.15, 0.2) is 42.6 Å². The van der Waals surface area contributed by atoms with Gasteiger partial charge in [0.05, 0.1) is 7.11 Å². The molecule has 0 fully saturated rings. The van der Waals surface area contributed by atoms with Crippen molar-refractivity contribution in [1.82, 2.24) is 9.97 Å². The fraction of sp³-hybridized carbons (Fsp3) is 0.125. The van der Waals surface area contributed by atoms with Crippen LogP contribution in [0, 0.1) is 6.92 Å². The number of aromatic amines is 1. The van der Waals surface area contributed by atoms with Crippen molar-refractivity contribution >= 4 is 22.6 Å². The zero-order chi connectivity index (χ0) is 14.8. The molecule has 0 saturated carbocycles. The maximum absolute atomic E-state index is 12.3. The molecule has 0 atom stereocenters. The van der Waals surface area contributed by atoms with Gasteiger partial charge in [-0.25, -0.2) is 4.98 Å². The van der Waals surface area contributed by atoms with Crippen LogP contribution in [0.1, 0.15) is 16.1 Å². The van der Waals surface area contributed by atoms with Crippen LogP contribution in [0.5, 0.6) is 5.75 Å². The van der Waals surface area contributed by atoms with Crippen molar-refractivity contribution in [3.63, 3.8) is 0 Å². The summed E-state index contributed by atoms with van der Waals surface area (Å²) in [5.41, 5.74) is 2.57. The Morgan fingerprint density at radius 1 is 1.29 bits per heavy atom. The Kier molecular flexibility index (Phi) is 3.31. The molecule has 0 aliphatic rings. The van der Waals surface area contributed by atoms with Crippen molar-refractivity contribution in [2.24, 2.45) is 0 Å². The predicted octanol–water partition coefficient (Wildman–Crippen LogP) is 3.13. The van der Waals surface area contributed by atoms with Gasteiger partial charge in [0.15, 0.2) is 11.6 Å². The Hall–Kier alpha value is -2.82. The Morgan fingerprint density at radius 3 is 2.95 bits per heavy atom. The van der Waals surface area contributed by atoms with Crippen molar-refractivity contribution in [3.8, 4) is 5.75 Å². The first-order valence-corrected chi connectivity index (χ1v) is 6.57. The smallest absolute Gasteiger partial charge is 0.273 e. The van der Waals surface area contributed by atoms with Gasteiger partial charge in [0.2, 0.25) is 0 Å². The second kappa shape index (κ2) is 5.28. The highest BCUT2D eigenvalue weighted by molar-refractivity contribution is 6.06. The van der Waals surface area contributed by atoms with Gasteiger partial charge in [0.25, 0.3) is 5.91 Å². The van der Waals surface area contributed by atoms with E-state index in [0.717, 1.165) is 16.5 Å². The molecule has 2 heterocycles. The molecule has 3 aromatic rings. The van der Waals surface area contributed by atoms with E-state index in [0.29, 0.717) is 17.3 Å². The lowest BCUT2D eigenvalue weighted by molar-refractivity contribution is 0.102. The molecule has 0 bridgehead atoms. The van der Waals surface area contributed by atoms with Gasteiger partial charge in [-0.15, -0.1) is 0 Å². The van der Waals surface area contributed by atoms with E-state index in [1.54, 1.807) is 25.4 Å². The number of nitrogens with zero attached hydrogens (tertiary/aromatic N) is 1. The Morgan fingerprint density at radius 2 is 2.14 bits per heavy atom. The standard InChI is InChI=1S/C16H15N3O2/c1-10-5-6-11-9-13(18-12(11)8-10)16(20)19-15-14(21-2)4-3-7-17-15/h3-9,18H,1-2H3,(H,17,19,20). The van der Waals surface area contributed by atoms with Gasteiger partial charge in [-0.3, -0.25) is 4.79 Å². The molecule has 5 nitrogen and oxygen atoms in total. The summed E-state index contributed by atoms with van der Waals surface area (Å²) >= 11 is 0. The van der Waals surface area contributed by atoms with E-state index >= 15 is 0 Å². The normalized spacial score (nSPS) is 10.6.